The number of rotatable bonds is 5. The van der Waals surface area contributed by atoms with Gasteiger partial charge in [-0.3, -0.25) is 0 Å². The zero-order valence-corrected chi connectivity index (χ0v) is 14.0. The molecule has 0 heterocycles. The Balaban J connectivity index is 1.87. The highest BCUT2D eigenvalue weighted by atomic mass is 79.9. The molecule has 0 radical (unpaired) electrons. The molecular formula is C18H22BrN. The highest BCUT2D eigenvalue weighted by molar-refractivity contribution is 9.10. The van der Waals surface area contributed by atoms with E-state index >= 15 is 0 Å². The number of hydrogen-bond donors (Lipinski definition) is 1. The van der Waals surface area contributed by atoms with E-state index in [-0.39, 0.29) is 0 Å². The first-order chi connectivity index (χ1) is 9.56. The molecule has 106 valence electrons. The van der Waals surface area contributed by atoms with Gasteiger partial charge in [-0.2, -0.15) is 0 Å². The summed E-state index contributed by atoms with van der Waals surface area (Å²) >= 11 is 3.58. The molecule has 0 saturated carbocycles. The molecule has 2 aromatic carbocycles. The van der Waals surface area contributed by atoms with Crippen molar-refractivity contribution >= 4 is 15.9 Å². The number of benzene rings is 2. The van der Waals surface area contributed by atoms with Gasteiger partial charge in [-0.1, -0.05) is 66.2 Å². The summed E-state index contributed by atoms with van der Waals surface area (Å²) in [6.07, 6.45) is 0. The number of nitrogens with one attached hydrogen (secondary N) is 1. The maximum atomic E-state index is 3.58. The fraction of sp³-hybridized carbons (Fsp3) is 0.333. The second-order valence-corrected chi connectivity index (χ2v) is 6.44. The summed E-state index contributed by atoms with van der Waals surface area (Å²) in [6, 6.07) is 15.4. The quantitative estimate of drug-likeness (QED) is 0.796. The number of aryl methyl sites for hydroxylation is 1. The minimum atomic E-state index is 0.599. The third-order valence-electron chi connectivity index (χ3n) is 3.54. The van der Waals surface area contributed by atoms with Gasteiger partial charge in [0, 0.05) is 17.6 Å². The molecule has 1 N–H and O–H groups in total. The van der Waals surface area contributed by atoms with Crippen LogP contribution in [0.25, 0.3) is 0 Å². The monoisotopic (exact) mass is 331 g/mol. The Kier molecular flexibility index (Phi) is 5.38. The van der Waals surface area contributed by atoms with Crippen molar-refractivity contribution in [2.24, 2.45) is 0 Å². The highest BCUT2D eigenvalue weighted by Crippen LogP contribution is 2.18. The Morgan fingerprint density at radius 3 is 2.15 bits per heavy atom. The Hall–Kier alpha value is -1.12. The van der Waals surface area contributed by atoms with Crippen LogP contribution in [0.1, 0.15) is 42.0 Å². The molecule has 2 rings (SSSR count). The summed E-state index contributed by atoms with van der Waals surface area (Å²) in [5.74, 6) is 0.599. The van der Waals surface area contributed by atoms with Crippen LogP contribution in [0, 0.1) is 6.92 Å². The molecule has 0 aromatic heterocycles. The Labute approximate surface area is 130 Å². The first kappa shape index (κ1) is 15.3. The van der Waals surface area contributed by atoms with Crippen LogP contribution in [0.5, 0.6) is 0 Å². The molecule has 1 nitrogen and oxygen atoms in total. The van der Waals surface area contributed by atoms with E-state index in [4.69, 9.17) is 0 Å². The standard InChI is InChI=1S/C18H22BrN/c1-13(2)17-8-6-15(7-9-17)11-20-12-16-5-4-14(3)18(19)10-16/h4-10,13,20H,11-12H2,1-3H3. The molecule has 0 atom stereocenters. The van der Waals surface area contributed by atoms with E-state index in [9.17, 15) is 0 Å². The second-order valence-electron chi connectivity index (χ2n) is 5.58. The topological polar surface area (TPSA) is 12.0 Å². The van der Waals surface area contributed by atoms with Crippen LogP contribution in [0.2, 0.25) is 0 Å². The van der Waals surface area contributed by atoms with Crippen molar-refractivity contribution < 1.29 is 0 Å². The molecule has 0 unspecified atom stereocenters. The average Bonchev–Trinajstić information content (AvgIpc) is 2.43. The zero-order valence-electron chi connectivity index (χ0n) is 12.4. The van der Waals surface area contributed by atoms with Gasteiger partial charge in [-0.05, 0) is 41.2 Å². The molecule has 0 aliphatic rings. The van der Waals surface area contributed by atoms with E-state index in [1.807, 2.05) is 0 Å². The van der Waals surface area contributed by atoms with Gasteiger partial charge in [0.25, 0.3) is 0 Å². The summed E-state index contributed by atoms with van der Waals surface area (Å²) in [6.45, 7) is 8.36. The van der Waals surface area contributed by atoms with E-state index in [0.717, 1.165) is 13.1 Å². The minimum Gasteiger partial charge on any atom is -0.309 e. The molecular weight excluding hydrogens is 310 g/mol. The van der Waals surface area contributed by atoms with Gasteiger partial charge in [0.05, 0.1) is 0 Å². The molecule has 2 aromatic rings. The summed E-state index contributed by atoms with van der Waals surface area (Å²) in [5, 5.41) is 3.49. The molecule has 0 bridgehead atoms. The third kappa shape index (κ3) is 4.19. The smallest absolute Gasteiger partial charge is 0.0209 e. The molecule has 0 spiro atoms. The predicted octanol–water partition coefficient (Wildman–Crippen LogP) is 5.17. The van der Waals surface area contributed by atoms with Crippen LogP contribution in [0.15, 0.2) is 46.9 Å². The zero-order chi connectivity index (χ0) is 14.5. The molecule has 0 fully saturated rings. The lowest BCUT2D eigenvalue weighted by Crippen LogP contribution is -2.12. The molecule has 2 heteroatoms. The first-order valence-corrected chi connectivity index (χ1v) is 7.90. The van der Waals surface area contributed by atoms with Crippen LogP contribution >= 0.6 is 15.9 Å². The fourth-order valence-electron chi connectivity index (χ4n) is 2.12. The Morgan fingerprint density at radius 2 is 1.55 bits per heavy atom. The van der Waals surface area contributed by atoms with Gasteiger partial charge in [-0.15, -0.1) is 0 Å². The van der Waals surface area contributed by atoms with Crippen LogP contribution in [-0.2, 0) is 13.1 Å². The molecule has 0 aliphatic heterocycles. The minimum absolute atomic E-state index is 0.599. The number of hydrogen-bond acceptors (Lipinski definition) is 1. The molecule has 0 aliphatic carbocycles. The van der Waals surface area contributed by atoms with Crippen molar-refractivity contribution in [3.63, 3.8) is 0 Å². The SMILES string of the molecule is Cc1ccc(CNCc2ccc(C(C)C)cc2)cc1Br. The average molecular weight is 332 g/mol. The lowest BCUT2D eigenvalue weighted by Gasteiger charge is -2.09. The van der Waals surface area contributed by atoms with Crippen LogP contribution in [0.4, 0.5) is 0 Å². The summed E-state index contributed by atoms with van der Waals surface area (Å²) in [7, 11) is 0. The van der Waals surface area contributed by atoms with Gasteiger partial charge in [0.1, 0.15) is 0 Å². The van der Waals surface area contributed by atoms with Crippen molar-refractivity contribution in [2.75, 3.05) is 0 Å². The summed E-state index contributed by atoms with van der Waals surface area (Å²) < 4.78 is 1.18. The van der Waals surface area contributed by atoms with Gasteiger partial charge >= 0.3 is 0 Å². The summed E-state index contributed by atoms with van der Waals surface area (Å²) in [5.41, 5.74) is 5.32. The van der Waals surface area contributed by atoms with E-state index in [2.05, 4.69) is 84.5 Å². The van der Waals surface area contributed by atoms with Crippen LogP contribution < -0.4 is 5.32 Å². The third-order valence-corrected chi connectivity index (χ3v) is 4.40. The van der Waals surface area contributed by atoms with E-state index < -0.39 is 0 Å². The number of halogens is 1. The Bertz CT molecular complexity index is 558. The molecule has 20 heavy (non-hydrogen) atoms. The lowest BCUT2D eigenvalue weighted by molar-refractivity contribution is 0.692. The van der Waals surface area contributed by atoms with Gasteiger partial charge in [0.15, 0.2) is 0 Å². The largest absolute Gasteiger partial charge is 0.309 e. The lowest BCUT2D eigenvalue weighted by atomic mass is 10.0. The first-order valence-electron chi connectivity index (χ1n) is 7.11. The molecule has 0 amide bonds. The highest BCUT2D eigenvalue weighted by Gasteiger charge is 2.00. The van der Waals surface area contributed by atoms with Crippen molar-refractivity contribution in [1.82, 2.24) is 5.32 Å². The van der Waals surface area contributed by atoms with Gasteiger partial charge in [-0.25, -0.2) is 0 Å². The van der Waals surface area contributed by atoms with Crippen LogP contribution in [-0.4, -0.2) is 0 Å². The second kappa shape index (κ2) is 7.05. The maximum Gasteiger partial charge on any atom is 0.0209 e. The Morgan fingerprint density at radius 1 is 0.950 bits per heavy atom. The normalized spacial score (nSPS) is 11.1. The van der Waals surface area contributed by atoms with Crippen molar-refractivity contribution in [1.29, 1.82) is 0 Å². The van der Waals surface area contributed by atoms with Crippen molar-refractivity contribution in [3.8, 4) is 0 Å². The van der Waals surface area contributed by atoms with Crippen molar-refractivity contribution in [2.45, 2.75) is 39.8 Å². The summed E-state index contributed by atoms with van der Waals surface area (Å²) in [4.78, 5) is 0. The fourth-order valence-corrected chi connectivity index (χ4v) is 2.54. The van der Waals surface area contributed by atoms with Crippen LogP contribution in [0.3, 0.4) is 0 Å². The predicted molar refractivity (Wildman–Crippen MR) is 90.0 cm³/mol. The van der Waals surface area contributed by atoms with E-state index in [0.29, 0.717) is 5.92 Å². The van der Waals surface area contributed by atoms with Gasteiger partial charge < -0.3 is 5.32 Å². The van der Waals surface area contributed by atoms with Crippen molar-refractivity contribution in [3.05, 3.63) is 69.2 Å². The van der Waals surface area contributed by atoms with E-state index in [1.54, 1.807) is 0 Å². The maximum absolute atomic E-state index is 3.58. The van der Waals surface area contributed by atoms with E-state index in [1.165, 1.54) is 26.7 Å². The van der Waals surface area contributed by atoms with Gasteiger partial charge in [0.2, 0.25) is 0 Å². The molecule has 0 saturated heterocycles.